The fourth-order valence-electron chi connectivity index (χ4n) is 3.67. The van der Waals surface area contributed by atoms with Crippen molar-refractivity contribution in [1.29, 1.82) is 0 Å². The number of benzene rings is 2. The molecule has 0 spiro atoms. The maximum absolute atomic E-state index is 12.8. The molecule has 1 aromatic heterocycles. The Hall–Kier alpha value is -3.07. The average Bonchev–Trinajstić information content (AvgIpc) is 3.41. The quantitative estimate of drug-likeness (QED) is 0.617. The van der Waals surface area contributed by atoms with E-state index in [4.69, 9.17) is 9.84 Å². The molecule has 2 aromatic carbocycles. The van der Waals surface area contributed by atoms with Gasteiger partial charge in [-0.2, -0.15) is 18.3 Å². The molecular formula is C22H22F3N3O3. The van der Waals surface area contributed by atoms with E-state index in [1.807, 2.05) is 6.20 Å². The summed E-state index contributed by atoms with van der Waals surface area (Å²) in [5, 5.41) is 17.2. The lowest BCUT2D eigenvalue weighted by Gasteiger charge is -2.12. The van der Waals surface area contributed by atoms with Crippen LogP contribution in [0.3, 0.4) is 0 Å². The number of aliphatic hydroxyl groups excluding tert-OH is 1. The van der Waals surface area contributed by atoms with Crippen LogP contribution in [0.25, 0.3) is 10.9 Å². The van der Waals surface area contributed by atoms with Crippen molar-refractivity contribution >= 4 is 16.8 Å². The minimum absolute atomic E-state index is 0.0422. The molecule has 4 rings (SSSR count). The Labute approximate surface area is 176 Å². The lowest BCUT2D eigenvalue weighted by molar-refractivity contribution is -0.137. The molecule has 0 unspecified atom stereocenters. The summed E-state index contributed by atoms with van der Waals surface area (Å²) in [6.45, 7) is 1.59. The van der Waals surface area contributed by atoms with Gasteiger partial charge in [0.25, 0.3) is 0 Å². The second kappa shape index (κ2) is 7.88. The zero-order valence-corrected chi connectivity index (χ0v) is 17.0. The number of fused-ring (bicyclic) bond motifs is 1. The van der Waals surface area contributed by atoms with E-state index < -0.39 is 11.7 Å². The first kappa shape index (κ1) is 21.2. The van der Waals surface area contributed by atoms with Gasteiger partial charge in [0.2, 0.25) is 5.91 Å². The molecule has 1 fully saturated rings. The number of aliphatic hydroxyl groups is 1. The molecular weight excluding hydrogens is 411 g/mol. The van der Waals surface area contributed by atoms with Gasteiger partial charge in [0.05, 0.1) is 17.7 Å². The van der Waals surface area contributed by atoms with Crippen LogP contribution in [-0.2, 0) is 18.0 Å². The smallest absolute Gasteiger partial charge is 0.416 e. The van der Waals surface area contributed by atoms with Gasteiger partial charge in [-0.05, 0) is 61.2 Å². The molecule has 1 saturated carbocycles. The zero-order chi connectivity index (χ0) is 22.3. The van der Waals surface area contributed by atoms with Crippen LogP contribution in [0.1, 0.15) is 30.4 Å². The molecule has 3 aromatic rings. The van der Waals surface area contributed by atoms with Crippen molar-refractivity contribution in [2.45, 2.75) is 31.5 Å². The highest BCUT2D eigenvalue weighted by molar-refractivity contribution is 5.88. The van der Waals surface area contributed by atoms with Gasteiger partial charge in [0, 0.05) is 30.6 Å². The van der Waals surface area contributed by atoms with E-state index in [1.165, 1.54) is 12.1 Å². The average molecular weight is 433 g/mol. The van der Waals surface area contributed by atoms with Gasteiger partial charge in [-0.3, -0.25) is 9.48 Å². The first-order valence-corrected chi connectivity index (χ1v) is 9.89. The van der Waals surface area contributed by atoms with Crippen molar-refractivity contribution in [3.63, 3.8) is 0 Å². The van der Waals surface area contributed by atoms with Crippen LogP contribution in [0.5, 0.6) is 11.5 Å². The maximum atomic E-state index is 12.8. The SMILES string of the molecule is C[C@@H](CO)NC(=O)[C@@H]1C[C@H]1c1cc(Oc2ccc(C(F)(F)F)cc2)cc2cn(C)nc12. The molecule has 2 N–H and O–H groups in total. The Morgan fingerprint density at radius 3 is 2.65 bits per heavy atom. The lowest BCUT2D eigenvalue weighted by Crippen LogP contribution is -2.36. The zero-order valence-electron chi connectivity index (χ0n) is 17.0. The molecule has 1 aliphatic carbocycles. The van der Waals surface area contributed by atoms with Crippen LogP contribution in [0, 0.1) is 5.92 Å². The monoisotopic (exact) mass is 433 g/mol. The number of aromatic nitrogens is 2. The van der Waals surface area contributed by atoms with Gasteiger partial charge < -0.3 is 15.2 Å². The summed E-state index contributed by atoms with van der Waals surface area (Å²) < 4.78 is 45.8. The van der Waals surface area contributed by atoms with Crippen LogP contribution < -0.4 is 10.1 Å². The second-order valence-corrected chi connectivity index (χ2v) is 7.92. The summed E-state index contributed by atoms with van der Waals surface area (Å²) >= 11 is 0. The molecule has 0 aliphatic heterocycles. The number of hydrogen-bond acceptors (Lipinski definition) is 4. The van der Waals surface area contributed by atoms with Gasteiger partial charge in [-0.15, -0.1) is 0 Å². The van der Waals surface area contributed by atoms with Gasteiger partial charge >= 0.3 is 6.18 Å². The molecule has 0 bridgehead atoms. The Balaban J connectivity index is 1.60. The van der Waals surface area contributed by atoms with E-state index in [9.17, 15) is 18.0 Å². The topological polar surface area (TPSA) is 76.4 Å². The van der Waals surface area contributed by atoms with Crippen LogP contribution in [0.4, 0.5) is 13.2 Å². The van der Waals surface area contributed by atoms with Crippen LogP contribution >= 0.6 is 0 Å². The molecule has 0 saturated heterocycles. The predicted octanol–water partition coefficient (Wildman–Crippen LogP) is 3.98. The number of carbonyl (C=O) groups is 1. The largest absolute Gasteiger partial charge is 0.457 e. The van der Waals surface area contributed by atoms with Crippen molar-refractivity contribution in [1.82, 2.24) is 15.1 Å². The van der Waals surface area contributed by atoms with Gasteiger partial charge in [0.1, 0.15) is 11.5 Å². The molecule has 6 nitrogen and oxygen atoms in total. The van der Waals surface area contributed by atoms with Gasteiger partial charge in [-0.1, -0.05) is 0 Å². The molecule has 3 atom stereocenters. The van der Waals surface area contributed by atoms with Crippen molar-refractivity contribution in [2.75, 3.05) is 6.61 Å². The number of carbonyl (C=O) groups excluding carboxylic acids is 1. The normalized spacial score (nSPS) is 19.3. The van der Waals surface area contributed by atoms with Crippen molar-refractivity contribution in [2.24, 2.45) is 13.0 Å². The highest BCUT2D eigenvalue weighted by atomic mass is 19.4. The summed E-state index contributed by atoms with van der Waals surface area (Å²) in [4.78, 5) is 12.4. The third-order valence-electron chi connectivity index (χ3n) is 5.33. The molecule has 1 amide bonds. The minimum atomic E-state index is -4.41. The first-order chi connectivity index (χ1) is 14.7. The van der Waals surface area contributed by atoms with E-state index in [-0.39, 0.29) is 36.1 Å². The summed E-state index contributed by atoms with van der Waals surface area (Å²) in [5.41, 5.74) is 0.877. The number of amides is 1. The number of hydrogen-bond donors (Lipinski definition) is 2. The van der Waals surface area contributed by atoms with E-state index in [0.717, 1.165) is 28.6 Å². The minimum Gasteiger partial charge on any atom is -0.457 e. The molecule has 31 heavy (non-hydrogen) atoms. The number of halogens is 3. The second-order valence-electron chi connectivity index (χ2n) is 7.92. The Morgan fingerprint density at radius 1 is 1.29 bits per heavy atom. The van der Waals surface area contributed by atoms with Crippen molar-refractivity contribution in [3.05, 3.63) is 53.7 Å². The maximum Gasteiger partial charge on any atom is 0.416 e. The molecule has 1 heterocycles. The summed E-state index contributed by atoms with van der Waals surface area (Å²) in [6, 6.07) is 7.75. The molecule has 1 aliphatic rings. The molecule has 0 radical (unpaired) electrons. The fraction of sp³-hybridized carbons (Fsp3) is 0.364. The summed E-state index contributed by atoms with van der Waals surface area (Å²) in [7, 11) is 1.79. The van der Waals surface area contributed by atoms with E-state index in [2.05, 4.69) is 10.4 Å². The highest BCUT2D eigenvalue weighted by Crippen LogP contribution is 2.50. The van der Waals surface area contributed by atoms with E-state index >= 15 is 0 Å². The lowest BCUT2D eigenvalue weighted by atomic mass is 10.0. The Morgan fingerprint density at radius 2 is 2.00 bits per heavy atom. The van der Waals surface area contributed by atoms with Gasteiger partial charge in [0.15, 0.2) is 0 Å². The standard InChI is InChI=1S/C22H22F3N3O3/c1-12(11-29)26-21(30)19-9-17(19)18-8-16(7-13-10-28(2)27-20(13)18)31-15-5-3-14(4-6-15)22(23,24)25/h3-8,10,12,17,19,29H,9,11H2,1-2H3,(H,26,30)/t12-,17-,19+/m0/s1. The van der Waals surface area contributed by atoms with Crippen molar-refractivity contribution in [3.8, 4) is 11.5 Å². The Bertz CT molecular complexity index is 1110. The third-order valence-corrected chi connectivity index (χ3v) is 5.33. The van der Waals surface area contributed by atoms with E-state index in [0.29, 0.717) is 12.2 Å². The fourth-order valence-corrected chi connectivity index (χ4v) is 3.67. The van der Waals surface area contributed by atoms with Crippen LogP contribution in [-0.4, -0.2) is 33.4 Å². The Kier molecular flexibility index (Phi) is 5.38. The van der Waals surface area contributed by atoms with E-state index in [1.54, 1.807) is 30.8 Å². The predicted molar refractivity (Wildman–Crippen MR) is 108 cm³/mol. The number of rotatable bonds is 6. The number of nitrogens with zero attached hydrogens (tertiary/aromatic N) is 2. The van der Waals surface area contributed by atoms with Crippen LogP contribution in [0.2, 0.25) is 0 Å². The first-order valence-electron chi connectivity index (χ1n) is 9.89. The molecule has 164 valence electrons. The third kappa shape index (κ3) is 4.51. The number of ether oxygens (including phenoxy) is 1. The van der Waals surface area contributed by atoms with Gasteiger partial charge in [-0.25, -0.2) is 0 Å². The summed E-state index contributed by atoms with van der Waals surface area (Å²) in [6.07, 6.45) is -1.93. The summed E-state index contributed by atoms with van der Waals surface area (Å²) in [5.74, 6) is 0.360. The molecule has 9 heteroatoms. The number of aryl methyl sites for hydroxylation is 1. The number of nitrogens with one attached hydrogen (secondary N) is 1. The number of alkyl halides is 3. The highest BCUT2D eigenvalue weighted by Gasteiger charge is 2.45. The van der Waals surface area contributed by atoms with Crippen molar-refractivity contribution < 1.29 is 27.8 Å². The van der Waals surface area contributed by atoms with Crippen LogP contribution in [0.15, 0.2) is 42.6 Å².